The van der Waals surface area contributed by atoms with Gasteiger partial charge >= 0.3 is 0 Å². The Hall–Kier alpha value is -0.560. The van der Waals surface area contributed by atoms with Gasteiger partial charge in [-0.3, -0.25) is 4.90 Å². The third-order valence-electron chi connectivity index (χ3n) is 3.77. The van der Waals surface area contributed by atoms with Crippen LogP contribution in [0.3, 0.4) is 0 Å². The van der Waals surface area contributed by atoms with Gasteiger partial charge in [-0.2, -0.15) is 0 Å². The molecule has 118 valence electrons. The minimum absolute atomic E-state index is 0.0214. The summed E-state index contributed by atoms with van der Waals surface area (Å²) >= 11 is 3.07. The first kappa shape index (κ1) is 16.8. The molecule has 1 aromatic rings. The van der Waals surface area contributed by atoms with Crippen molar-refractivity contribution < 1.29 is 13.5 Å². The number of benzene rings is 1. The Balaban J connectivity index is 2.04. The van der Waals surface area contributed by atoms with E-state index in [0.717, 1.165) is 19.5 Å². The normalized spacial score (nSPS) is 21.5. The highest BCUT2D eigenvalue weighted by Crippen LogP contribution is 2.23. The van der Waals surface area contributed by atoms with E-state index in [1.807, 2.05) is 0 Å². The van der Waals surface area contributed by atoms with Crippen molar-refractivity contribution in [3.05, 3.63) is 33.8 Å². The first-order chi connectivity index (χ1) is 10.0. The van der Waals surface area contributed by atoms with E-state index in [0.29, 0.717) is 13.2 Å². The zero-order chi connectivity index (χ0) is 15.4. The number of hydrogen-bond acceptors (Lipinski definition) is 3. The van der Waals surface area contributed by atoms with Crippen LogP contribution in [0.25, 0.3) is 0 Å². The van der Waals surface area contributed by atoms with Crippen molar-refractivity contribution in [2.45, 2.75) is 31.9 Å². The highest BCUT2D eigenvalue weighted by Gasteiger charge is 2.27. The van der Waals surface area contributed by atoms with Gasteiger partial charge in [0.15, 0.2) is 0 Å². The van der Waals surface area contributed by atoms with Gasteiger partial charge < -0.3 is 10.5 Å². The molecule has 1 heterocycles. The van der Waals surface area contributed by atoms with Crippen LogP contribution in [-0.4, -0.2) is 43.3 Å². The van der Waals surface area contributed by atoms with E-state index in [1.54, 1.807) is 0 Å². The maximum atomic E-state index is 14.0. The van der Waals surface area contributed by atoms with E-state index < -0.39 is 17.7 Å². The number of nitrogens with two attached hydrogens (primary N) is 1. The Bertz CT molecular complexity index is 485. The highest BCUT2D eigenvalue weighted by atomic mass is 79.9. The molecule has 1 saturated heterocycles. The van der Waals surface area contributed by atoms with Crippen LogP contribution in [0.5, 0.6) is 0 Å². The number of hydrogen-bond donors (Lipinski definition) is 1. The van der Waals surface area contributed by atoms with E-state index in [4.69, 9.17) is 10.5 Å². The predicted molar refractivity (Wildman–Crippen MR) is 82.2 cm³/mol. The standard InChI is InChI=1S/C15H21BrF2N2O/c1-2-5-20-6-7-21-14(9-20)13(19)8-10-12(17)4-3-11(16)15(10)18/h3-4,13-14H,2,5-9,19H2,1H3. The minimum atomic E-state index is -0.577. The Morgan fingerprint density at radius 3 is 2.95 bits per heavy atom. The van der Waals surface area contributed by atoms with Crippen LogP contribution < -0.4 is 5.73 Å². The molecule has 0 amide bonds. The second-order valence-corrected chi connectivity index (χ2v) is 6.25. The number of halogens is 3. The summed E-state index contributed by atoms with van der Waals surface area (Å²) in [6.45, 7) is 5.33. The lowest BCUT2D eigenvalue weighted by Crippen LogP contribution is -2.51. The largest absolute Gasteiger partial charge is 0.374 e. The van der Waals surface area contributed by atoms with Crippen molar-refractivity contribution in [1.29, 1.82) is 0 Å². The molecular weight excluding hydrogens is 342 g/mol. The Morgan fingerprint density at radius 2 is 2.24 bits per heavy atom. The summed E-state index contributed by atoms with van der Waals surface area (Å²) in [7, 11) is 0. The molecule has 0 spiro atoms. The van der Waals surface area contributed by atoms with Crippen LogP contribution in [-0.2, 0) is 11.2 Å². The summed E-state index contributed by atoms with van der Waals surface area (Å²) in [5.41, 5.74) is 6.15. The number of morpholine rings is 1. The first-order valence-electron chi connectivity index (χ1n) is 7.24. The van der Waals surface area contributed by atoms with E-state index in [2.05, 4.69) is 27.8 Å². The second-order valence-electron chi connectivity index (χ2n) is 5.40. The van der Waals surface area contributed by atoms with E-state index in [-0.39, 0.29) is 22.6 Å². The molecule has 2 N–H and O–H groups in total. The lowest BCUT2D eigenvalue weighted by molar-refractivity contribution is -0.0402. The van der Waals surface area contributed by atoms with Gasteiger partial charge in [0.1, 0.15) is 11.6 Å². The van der Waals surface area contributed by atoms with Crippen LogP contribution in [0.15, 0.2) is 16.6 Å². The summed E-state index contributed by atoms with van der Waals surface area (Å²) in [6, 6.07) is 2.18. The molecule has 1 fully saturated rings. The zero-order valence-corrected chi connectivity index (χ0v) is 13.7. The van der Waals surface area contributed by atoms with E-state index in [1.165, 1.54) is 12.1 Å². The lowest BCUT2D eigenvalue weighted by atomic mass is 10.00. The maximum absolute atomic E-state index is 14.0. The smallest absolute Gasteiger partial charge is 0.143 e. The first-order valence-corrected chi connectivity index (χ1v) is 8.04. The van der Waals surface area contributed by atoms with Crippen molar-refractivity contribution in [3.8, 4) is 0 Å². The molecule has 3 nitrogen and oxygen atoms in total. The summed E-state index contributed by atoms with van der Waals surface area (Å²) in [4.78, 5) is 2.28. The quantitative estimate of drug-likeness (QED) is 0.818. The van der Waals surface area contributed by atoms with Gasteiger partial charge in [0.2, 0.25) is 0 Å². The second kappa shape index (κ2) is 7.63. The Morgan fingerprint density at radius 1 is 1.48 bits per heavy atom. The summed E-state index contributed by atoms with van der Waals surface area (Å²) < 4.78 is 33.7. The molecule has 0 saturated carbocycles. The minimum Gasteiger partial charge on any atom is -0.374 e. The molecule has 0 radical (unpaired) electrons. The summed E-state index contributed by atoms with van der Waals surface area (Å²) in [5, 5.41) is 0. The highest BCUT2D eigenvalue weighted by molar-refractivity contribution is 9.10. The maximum Gasteiger partial charge on any atom is 0.143 e. The zero-order valence-electron chi connectivity index (χ0n) is 12.1. The molecule has 1 aromatic carbocycles. The summed E-state index contributed by atoms with van der Waals surface area (Å²) in [6.07, 6.45) is 1.00. The molecule has 0 bridgehead atoms. The van der Waals surface area contributed by atoms with Gasteiger partial charge in [0.05, 0.1) is 17.2 Å². The van der Waals surface area contributed by atoms with Crippen LogP contribution in [0.4, 0.5) is 8.78 Å². The molecule has 0 aliphatic carbocycles. The molecular formula is C15H21BrF2N2O. The van der Waals surface area contributed by atoms with Crippen LogP contribution in [0, 0.1) is 11.6 Å². The molecule has 2 rings (SSSR count). The Labute approximate surface area is 132 Å². The van der Waals surface area contributed by atoms with Gasteiger partial charge in [0, 0.05) is 24.7 Å². The fraction of sp³-hybridized carbons (Fsp3) is 0.600. The number of ether oxygens (including phenoxy) is 1. The van der Waals surface area contributed by atoms with Crippen molar-refractivity contribution in [2.24, 2.45) is 5.73 Å². The van der Waals surface area contributed by atoms with Crippen molar-refractivity contribution in [1.82, 2.24) is 4.90 Å². The summed E-state index contributed by atoms with van der Waals surface area (Å²) in [5.74, 6) is -1.14. The molecule has 1 aliphatic heterocycles. The van der Waals surface area contributed by atoms with Crippen LogP contribution >= 0.6 is 15.9 Å². The van der Waals surface area contributed by atoms with Gasteiger partial charge in [0.25, 0.3) is 0 Å². The van der Waals surface area contributed by atoms with Gasteiger partial charge in [-0.05, 0) is 47.4 Å². The molecule has 2 unspecified atom stereocenters. The predicted octanol–water partition coefficient (Wildman–Crippen LogP) is 2.71. The lowest BCUT2D eigenvalue weighted by Gasteiger charge is -2.35. The number of nitrogens with zero attached hydrogens (tertiary/aromatic N) is 1. The molecule has 1 aliphatic rings. The average molecular weight is 363 g/mol. The average Bonchev–Trinajstić information content (AvgIpc) is 2.48. The van der Waals surface area contributed by atoms with Crippen LogP contribution in [0.1, 0.15) is 18.9 Å². The monoisotopic (exact) mass is 362 g/mol. The molecule has 2 atom stereocenters. The van der Waals surface area contributed by atoms with Gasteiger partial charge in [-0.15, -0.1) is 0 Å². The fourth-order valence-electron chi connectivity index (χ4n) is 2.63. The van der Waals surface area contributed by atoms with Crippen molar-refractivity contribution in [2.75, 3.05) is 26.2 Å². The van der Waals surface area contributed by atoms with Crippen LogP contribution in [0.2, 0.25) is 0 Å². The topological polar surface area (TPSA) is 38.5 Å². The van der Waals surface area contributed by atoms with Crippen molar-refractivity contribution in [3.63, 3.8) is 0 Å². The van der Waals surface area contributed by atoms with Crippen molar-refractivity contribution >= 4 is 15.9 Å². The van der Waals surface area contributed by atoms with E-state index >= 15 is 0 Å². The SMILES string of the molecule is CCCN1CCOC(C(N)Cc2c(F)ccc(Br)c2F)C1. The third kappa shape index (κ3) is 4.22. The Kier molecular flexibility index (Phi) is 6.10. The molecule has 0 aromatic heterocycles. The molecule has 21 heavy (non-hydrogen) atoms. The van der Waals surface area contributed by atoms with Gasteiger partial charge in [-0.25, -0.2) is 8.78 Å². The fourth-order valence-corrected chi connectivity index (χ4v) is 3.00. The molecule has 6 heteroatoms. The van der Waals surface area contributed by atoms with Gasteiger partial charge in [-0.1, -0.05) is 6.92 Å². The number of rotatable bonds is 5. The third-order valence-corrected chi connectivity index (χ3v) is 4.39. The van der Waals surface area contributed by atoms with E-state index in [9.17, 15) is 8.78 Å².